The molecule has 2 N–H and O–H groups in total. The SMILES string of the molecule is CCC/C=C\C=C(/N)C(C)C. The van der Waals surface area contributed by atoms with Gasteiger partial charge in [0.1, 0.15) is 0 Å². The highest BCUT2D eigenvalue weighted by molar-refractivity contribution is 5.10. The van der Waals surface area contributed by atoms with E-state index in [0.717, 1.165) is 12.1 Å². The molecule has 0 aromatic rings. The Hall–Kier alpha value is -0.720. The maximum Gasteiger partial charge on any atom is 0.0106 e. The zero-order chi connectivity index (χ0) is 8.69. The van der Waals surface area contributed by atoms with Crippen LogP contribution in [0.4, 0.5) is 0 Å². The molecule has 0 aromatic heterocycles. The van der Waals surface area contributed by atoms with Crippen molar-refractivity contribution in [1.29, 1.82) is 0 Å². The van der Waals surface area contributed by atoms with E-state index in [2.05, 4.69) is 26.8 Å². The summed E-state index contributed by atoms with van der Waals surface area (Å²) in [5.41, 5.74) is 6.66. The second-order valence-electron chi connectivity index (χ2n) is 3.04. The van der Waals surface area contributed by atoms with E-state index in [4.69, 9.17) is 5.73 Å². The molecule has 0 unspecified atom stereocenters. The van der Waals surface area contributed by atoms with E-state index in [0.29, 0.717) is 5.92 Å². The van der Waals surface area contributed by atoms with Crippen molar-refractivity contribution in [2.75, 3.05) is 0 Å². The Kier molecular flexibility index (Phi) is 5.63. The summed E-state index contributed by atoms with van der Waals surface area (Å²) in [5, 5.41) is 0. The summed E-state index contributed by atoms with van der Waals surface area (Å²) >= 11 is 0. The second kappa shape index (κ2) is 6.02. The van der Waals surface area contributed by atoms with Gasteiger partial charge in [0.05, 0.1) is 0 Å². The lowest BCUT2D eigenvalue weighted by Gasteiger charge is -2.01. The predicted molar refractivity (Wildman–Crippen MR) is 51.2 cm³/mol. The third-order valence-corrected chi connectivity index (χ3v) is 1.55. The van der Waals surface area contributed by atoms with Crippen LogP contribution in [-0.2, 0) is 0 Å². The van der Waals surface area contributed by atoms with Crippen LogP contribution in [0.5, 0.6) is 0 Å². The highest BCUT2D eigenvalue weighted by Gasteiger charge is 1.92. The lowest BCUT2D eigenvalue weighted by molar-refractivity contribution is 0.757. The van der Waals surface area contributed by atoms with Crippen molar-refractivity contribution in [2.45, 2.75) is 33.6 Å². The van der Waals surface area contributed by atoms with Crippen LogP contribution in [0.3, 0.4) is 0 Å². The number of hydrogen-bond acceptors (Lipinski definition) is 1. The van der Waals surface area contributed by atoms with Crippen molar-refractivity contribution < 1.29 is 0 Å². The minimum absolute atomic E-state index is 0.460. The highest BCUT2D eigenvalue weighted by Crippen LogP contribution is 2.01. The molecule has 1 nitrogen and oxygen atoms in total. The number of hydrogen-bond donors (Lipinski definition) is 1. The first-order chi connectivity index (χ1) is 5.18. The first-order valence-electron chi connectivity index (χ1n) is 4.30. The Labute approximate surface area is 70.0 Å². The Morgan fingerprint density at radius 2 is 2.09 bits per heavy atom. The molecule has 0 atom stereocenters. The molecule has 0 aliphatic carbocycles. The quantitative estimate of drug-likeness (QED) is 0.617. The van der Waals surface area contributed by atoms with Crippen molar-refractivity contribution in [3.8, 4) is 0 Å². The zero-order valence-electron chi connectivity index (χ0n) is 7.80. The third-order valence-electron chi connectivity index (χ3n) is 1.55. The molecule has 0 saturated heterocycles. The topological polar surface area (TPSA) is 26.0 Å². The van der Waals surface area contributed by atoms with Crippen LogP contribution in [0.1, 0.15) is 33.6 Å². The van der Waals surface area contributed by atoms with Crippen molar-refractivity contribution >= 4 is 0 Å². The molecular weight excluding hydrogens is 134 g/mol. The molecular formula is C10H19N. The van der Waals surface area contributed by atoms with Gasteiger partial charge in [0.2, 0.25) is 0 Å². The number of allylic oxidation sites excluding steroid dienone is 4. The molecule has 0 fully saturated rings. The van der Waals surface area contributed by atoms with Gasteiger partial charge in [-0.2, -0.15) is 0 Å². The molecule has 1 heteroatoms. The van der Waals surface area contributed by atoms with Gasteiger partial charge < -0.3 is 5.73 Å². The van der Waals surface area contributed by atoms with Gasteiger partial charge in [0, 0.05) is 5.70 Å². The van der Waals surface area contributed by atoms with Gasteiger partial charge in [0.15, 0.2) is 0 Å². The summed E-state index contributed by atoms with van der Waals surface area (Å²) in [5.74, 6) is 0.460. The van der Waals surface area contributed by atoms with Crippen LogP contribution >= 0.6 is 0 Å². The molecule has 0 aliphatic heterocycles. The number of rotatable bonds is 4. The van der Waals surface area contributed by atoms with E-state index in [1.54, 1.807) is 0 Å². The number of nitrogens with two attached hydrogens (primary N) is 1. The van der Waals surface area contributed by atoms with E-state index < -0.39 is 0 Å². The molecule has 0 spiro atoms. The number of unbranched alkanes of at least 4 members (excludes halogenated alkanes) is 1. The van der Waals surface area contributed by atoms with Gasteiger partial charge in [-0.3, -0.25) is 0 Å². The van der Waals surface area contributed by atoms with Crippen molar-refractivity contribution in [3.05, 3.63) is 23.9 Å². The van der Waals surface area contributed by atoms with Gasteiger partial charge >= 0.3 is 0 Å². The van der Waals surface area contributed by atoms with E-state index in [1.165, 1.54) is 6.42 Å². The minimum atomic E-state index is 0.460. The van der Waals surface area contributed by atoms with Crippen molar-refractivity contribution in [1.82, 2.24) is 0 Å². The van der Waals surface area contributed by atoms with E-state index >= 15 is 0 Å². The molecule has 0 rings (SSSR count). The summed E-state index contributed by atoms with van der Waals surface area (Å²) in [7, 11) is 0. The van der Waals surface area contributed by atoms with Crippen LogP contribution < -0.4 is 5.73 Å². The van der Waals surface area contributed by atoms with Gasteiger partial charge in [-0.05, 0) is 18.4 Å². The lowest BCUT2D eigenvalue weighted by atomic mass is 10.1. The molecule has 0 aliphatic rings. The second-order valence-corrected chi connectivity index (χ2v) is 3.04. The molecule has 0 radical (unpaired) electrons. The molecule has 0 bridgehead atoms. The Bertz CT molecular complexity index is 143. The van der Waals surface area contributed by atoms with Crippen LogP contribution in [0.25, 0.3) is 0 Å². The first kappa shape index (κ1) is 10.3. The maximum atomic E-state index is 5.71. The minimum Gasteiger partial charge on any atom is -0.402 e. The maximum absolute atomic E-state index is 5.71. The largest absolute Gasteiger partial charge is 0.402 e. The average molecular weight is 153 g/mol. The van der Waals surface area contributed by atoms with Gasteiger partial charge in [-0.25, -0.2) is 0 Å². The average Bonchev–Trinajstić information content (AvgIpc) is 1.97. The van der Waals surface area contributed by atoms with E-state index in [9.17, 15) is 0 Å². The van der Waals surface area contributed by atoms with Crippen molar-refractivity contribution in [3.63, 3.8) is 0 Å². The molecule has 11 heavy (non-hydrogen) atoms. The Morgan fingerprint density at radius 1 is 1.45 bits per heavy atom. The van der Waals surface area contributed by atoms with Crippen LogP contribution in [0, 0.1) is 5.92 Å². The van der Waals surface area contributed by atoms with Crippen LogP contribution in [0.15, 0.2) is 23.9 Å². The summed E-state index contributed by atoms with van der Waals surface area (Å²) in [6, 6.07) is 0. The smallest absolute Gasteiger partial charge is 0.0106 e. The molecule has 64 valence electrons. The highest BCUT2D eigenvalue weighted by atomic mass is 14.6. The van der Waals surface area contributed by atoms with Crippen LogP contribution in [0.2, 0.25) is 0 Å². The normalized spacial score (nSPS) is 13.3. The fourth-order valence-electron chi connectivity index (χ4n) is 0.634. The Morgan fingerprint density at radius 3 is 2.55 bits per heavy atom. The summed E-state index contributed by atoms with van der Waals surface area (Å²) < 4.78 is 0. The first-order valence-corrected chi connectivity index (χ1v) is 4.30. The van der Waals surface area contributed by atoms with Crippen LogP contribution in [-0.4, -0.2) is 0 Å². The Balaban J connectivity index is 3.72. The van der Waals surface area contributed by atoms with Gasteiger partial charge in [-0.1, -0.05) is 39.3 Å². The van der Waals surface area contributed by atoms with Gasteiger partial charge in [0.25, 0.3) is 0 Å². The molecule has 0 aromatic carbocycles. The zero-order valence-corrected chi connectivity index (χ0v) is 7.80. The van der Waals surface area contributed by atoms with Crippen molar-refractivity contribution in [2.24, 2.45) is 11.7 Å². The molecule has 0 amide bonds. The lowest BCUT2D eigenvalue weighted by Crippen LogP contribution is -2.03. The molecule has 0 saturated carbocycles. The summed E-state index contributed by atoms with van der Waals surface area (Å²) in [4.78, 5) is 0. The summed E-state index contributed by atoms with van der Waals surface area (Å²) in [6.45, 7) is 6.36. The standard InChI is InChI=1S/C10H19N/c1-4-5-6-7-8-10(11)9(2)3/h6-9H,4-5,11H2,1-3H3/b7-6-,10-8-. The van der Waals surface area contributed by atoms with Gasteiger partial charge in [-0.15, -0.1) is 0 Å². The fourth-order valence-corrected chi connectivity index (χ4v) is 0.634. The predicted octanol–water partition coefficient (Wildman–Crippen LogP) is 2.84. The monoisotopic (exact) mass is 153 g/mol. The van der Waals surface area contributed by atoms with E-state index in [1.807, 2.05) is 12.2 Å². The molecule has 0 heterocycles. The third kappa shape index (κ3) is 5.71. The fraction of sp³-hybridized carbons (Fsp3) is 0.600. The summed E-state index contributed by atoms with van der Waals surface area (Å²) in [6.07, 6.45) is 8.52. The van der Waals surface area contributed by atoms with E-state index in [-0.39, 0.29) is 0 Å².